The Hall–Kier alpha value is -2.08. The minimum Gasteiger partial charge on any atom is -0.478 e. The largest absolute Gasteiger partial charge is 0.478 e. The van der Waals surface area contributed by atoms with E-state index in [9.17, 15) is 9.90 Å². The lowest BCUT2D eigenvalue weighted by atomic mass is 9.97. The van der Waals surface area contributed by atoms with Gasteiger partial charge in [-0.05, 0) is 18.9 Å². The van der Waals surface area contributed by atoms with E-state index in [-0.39, 0.29) is 11.5 Å². The predicted molar refractivity (Wildman–Crippen MR) is 70.3 cm³/mol. The van der Waals surface area contributed by atoms with E-state index in [2.05, 4.69) is 4.98 Å². The molecule has 1 aliphatic heterocycles. The highest BCUT2D eigenvalue weighted by Crippen LogP contribution is 2.35. The van der Waals surface area contributed by atoms with Crippen LogP contribution in [0, 0.1) is 0 Å². The van der Waals surface area contributed by atoms with E-state index in [0.29, 0.717) is 30.1 Å². The highest BCUT2D eigenvalue weighted by molar-refractivity contribution is 6.03. The number of ether oxygens (including phenoxy) is 2. The summed E-state index contributed by atoms with van der Waals surface area (Å²) in [6.45, 7) is 1.39. The zero-order chi connectivity index (χ0) is 14.1. The van der Waals surface area contributed by atoms with E-state index in [1.165, 1.54) is 13.3 Å². The molecule has 20 heavy (non-hydrogen) atoms. The van der Waals surface area contributed by atoms with Crippen LogP contribution in [0.15, 0.2) is 16.7 Å². The second kappa shape index (κ2) is 5.13. The highest BCUT2D eigenvalue weighted by atomic mass is 16.5. The van der Waals surface area contributed by atoms with Crippen LogP contribution in [-0.4, -0.2) is 36.4 Å². The summed E-state index contributed by atoms with van der Waals surface area (Å²) in [7, 11) is 1.48. The molecule has 0 spiro atoms. The van der Waals surface area contributed by atoms with E-state index < -0.39 is 5.97 Å². The Kier molecular flexibility index (Phi) is 3.31. The van der Waals surface area contributed by atoms with Crippen molar-refractivity contribution in [2.45, 2.75) is 18.8 Å². The number of furan rings is 1. The molecule has 0 aliphatic carbocycles. The number of nitrogens with zero attached hydrogens (tertiary/aromatic N) is 1. The van der Waals surface area contributed by atoms with Crippen molar-refractivity contribution >= 4 is 16.9 Å². The van der Waals surface area contributed by atoms with Crippen LogP contribution in [0.4, 0.5) is 0 Å². The fourth-order valence-electron chi connectivity index (χ4n) is 2.52. The molecule has 0 atom stereocenters. The standard InChI is InChI=1S/C14H15NO5/c1-18-13-12-9(10(7-15-13)14(16)17)6-11(20-12)8-2-4-19-5-3-8/h6-8H,2-5H2,1H3,(H,16,17). The van der Waals surface area contributed by atoms with Gasteiger partial charge >= 0.3 is 5.97 Å². The Bertz CT molecular complexity index is 642. The first-order valence-electron chi connectivity index (χ1n) is 6.48. The summed E-state index contributed by atoms with van der Waals surface area (Å²) in [6, 6.07) is 1.79. The minimum absolute atomic E-state index is 0.128. The van der Waals surface area contributed by atoms with Crippen molar-refractivity contribution in [3.8, 4) is 5.88 Å². The average Bonchev–Trinajstić information content (AvgIpc) is 2.91. The number of carboxylic acids is 1. The summed E-state index contributed by atoms with van der Waals surface area (Å²) in [4.78, 5) is 15.2. The lowest BCUT2D eigenvalue weighted by molar-refractivity contribution is 0.0698. The smallest absolute Gasteiger partial charge is 0.338 e. The third-order valence-electron chi connectivity index (χ3n) is 3.59. The van der Waals surface area contributed by atoms with Gasteiger partial charge in [-0.25, -0.2) is 9.78 Å². The number of carbonyl (C=O) groups is 1. The van der Waals surface area contributed by atoms with E-state index in [1.807, 2.05) is 0 Å². The van der Waals surface area contributed by atoms with Gasteiger partial charge in [0.1, 0.15) is 5.76 Å². The second-order valence-electron chi connectivity index (χ2n) is 4.76. The lowest BCUT2D eigenvalue weighted by Crippen LogP contribution is -2.13. The summed E-state index contributed by atoms with van der Waals surface area (Å²) in [5, 5.41) is 9.76. The molecule has 0 saturated carbocycles. The Morgan fingerprint density at radius 2 is 2.20 bits per heavy atom. The molecule has 3 rings (SSSR count). The van der Waals surface area contributed by atoms with Crippen LogP contribution >= 0.6 is 0 Å². The fraction of sp³-hybridized carbons (Fsp3) is 0.429. The van der Waals surface area contributed by atoms with Gasteiger partial charge in [-0.15, -0.1) is 0 Å². The number of pyridine rings is 1. The number of carboxylic acid groups (broad SMARTS) is 1. The van der Waals surface area contributed by atoms with Crippen molar-refractivity contribution < 1.29 is 23.8 Å². The van der Waals surface area contributed by atoms with Crippen molar-refractivity contribution in [1.29, 1.82) is 0 Å². The fourth-order valence-corrected chi connectivity index (χ4v) is 2.52. The lowest BCUT2D eigenvalue weighted by Gasteiger charge is -2.19. The topological polar surface area (TPSA) is 81.8 Å². The summed E-state index contributed by atoms with van der Waals surface area (Å²) in [5.41, 5.74) is 0.525. The number of aromatic nitrogens is 1. The molecule has 6 nitrogen and oxygen atoms in total. The number of hydrogen-bond acceptors (Lipinski definition) is 5. The Labute approximate surface area is 115 Å². The van der Waals surface area contributed by atoms with Crippen LogP contribution in [0.5, 0.6) is 5.88 Å². The molecule has 2 aromatic heterocycles. The number of methoxy groups -OCH3 is 1. The molecule has 2 aromatic rings. The first-order valence-corrected chi connectivity index (χ1v) is 6.48. The maximum atomic E-state index is 11.3. The van der Waals surface area contributed by atoms with Gasteiger partial charge in [0.05, 0.1) is 12.7 Å². The maximum Gasteiger partial charge on any atom is 0.338 e. The zero-order valence-corrected chi connectivity index (χ0v) is 11.1. The van der Waals surface area contributed by atoms with Crippen molar-refractivity contribution in [3.63, 3.8) is 0 Å². The third-order valence-corrected chi connectivity index (χ3v) is 3.59. The Balaban J connectivity index is 2.12. The first kappa shape index (κ1) is 12.9. The molecule has 0 aromatic carbocycles. The molecule has 3 heterocycles. The highest BCUT2D eigenvalue weighted by Gasteiger charge is 2.23. The van der Waals surface area contributed by atoms with E-state index in [1.54, 1.807) is 6.07 Å². The van der Waals surface area contributed by atoms with Gasteiger partial charge in [0.15, 0.2) is 5.58 Å². The molecule has 1 saturated heterocycles. The Morgan fingerprint density at radius 1 is 1.45 bits per heavy atom. The Morgan fingerprint density at radius 3 is 2.85 bits per heavy atom. The van der Waals surface area contributed by atoms with Crippen LogP contribution in [0.2, 0.25) is 0 Å². The minimum atomic E-state index is -1.02. The van der Waals surface area contributed by atoms with Crippen molar-refractivity contribution in [1.82, 2.24) is 4.98 Å². The molecule has 0 bridgehead atoms. The van der Waals surface area contributed by atoms with E-state index >= 15 is 0 Å². The maximum absolute atomic E-state index is 11.3. The number of fused-ring (bicyclic) bond motifs is 1. The van der Waals surface area contributed by atoms with E-state index in [4.69, 9.17) is 13.9 Å². The molecule has 1 fully saturated rings. The summed E-state index contributed by atoms with van der Waals surface area (Å²) >= 11 is 0. The molecule has 0 amide bonds. The van der Waals surface area contributed by atoms with Gasteiger partial charge in [-0.2, -0.15) is 0 Å². The van der Waals surface area contributed by atoms with Crippen molar-refractivity contribution in [3.05, 3.63) is 23.6 Å². The molecule has 106 valence electrons. The number of aromatic carboxylic acids is 1. The third kappa shape index (κ3) is 2.12. The molecular formula is C14H15NO5. The van der Waals surface area contributed by atoms with Gasteiger partial charge in [0.2, 0.25) is 0 Å². The molecule has 1 N–H and O–H groups in total. The van der Waals surface area contributed by atoms with Crippen LogP contribution in [0.1, 0.15) is 34.9 Å². The quantitative estimate of drug-likeness (QED) is 0.927. The van der Waals surface area contributed by atoms with Gasteiger partial charge in [-0.3, -0.25) is 0 Å². The van der Waals surface area contributed by atoms with Crippen LogP contribution in [-0.2, 0) is 4.74 Å². The summed E-state index contributed by atoms with van der Waals surface area (Å²) in [6.07, 6.45) is 3.04. The molecule has 6 heteroatoms. The van der Waals surface area contributed by atoms with Crippen LogP contribution < -0.4 is 4.74 Å². The summed E-state index contributed by atoms with van der Waals surface area (Å²) < 4.78 is 16.3. The first-order chi connectivity index (χ1) is 9.70. The SMILES string of the molecule is COc1ncc(C(=O)O)c2cc(C3CCOCC3)oc12. The number of hydrogen-bond donors (Lipinski definition) is 1. The molecule has 0 radical (unpaired) electrons. The second-order valence-corrected chi connectivity index (χ2v) is 4.76. The van der Waals surface area contributed by atoms with Crippen LogP contribution in [0.25, 0.3) is 11.0 Å². The monoisotopic (exact) mass is 277 g/mol. The molecule has 1 aliphatic rings. The van der Waals surface area contributed by atoms with Gasteiger partial charge in [0, 0.05) is 30.7 Å². The van der Waals surface area contributed by atoms with Crippen molar-refractivity contribution in [2.24, 2.45) is 0 Å². The van der Waals surface area contributed by atoms with Gasteiger partial charge < -0.3 is 19.0 Å². The van der Waals surface area contributed by atoms with Crippen molar-refractivity contribution in [2.75, 3.05) is 20.3 Å². The summed E-state index contributed by atoms with van der Waals surface area (Å²) in [5.74, 6) is 0.312. The normalized spacial score (nSPS) is 16.4. The molecular weight excluding hydrogens is 262 g/mol. The van der Waals surface area contributed by atoms with Crippen LogP contribution in [0.3, 0.4) is 0 Å². The zero-order valence-electron chi connectivity index (χ0n) is 11.1. The van der Waals surface area contributed by atoms with Gasteiger partial charge in [0.25, 0.3) is 5.88 Å². The number of rotatable bonds is 3. The van der Waals surface area contributed by atoms with Gasteiger partial charge in [-0.1, -0.05) is 0 Å². The predicted octanol–water partition coefficient (Wildman–Crippen LogP) is 2.43. The van der Waals surface area contributed by atoms with E-state index in [0.717, 1.165) is 18.6 Å². The molecule has 0 unspecified atom stereocenters. The average molecular weight is 277 g/mol.